The summed E-state index contributed by atoms with van der Waals surface area (Å²) in [6.07, 6.45) is 0. The number of hydrogen-bond acceptors (Lipinski definition) is 3. The Morgan fingerprint density at radius 2 is 1.79 bits per heavy atom. The van der Waals surface area contributed by atoms with Gasteiger partial charge in [-0.3, -0.25) is 0 Å². The van der Waals surface area contributed by atoms with Crippen LogP contribution in [0.15, 0.2) is 23.1 Å². The smallest absolute Gasteiger partial charge is 0.243 e. The molecule has 0 spiro atoms. The van der Waals surface area contributed by atoms with Gasteiger partial charge in [-0.25, -0.2) is 17.2 Å². The van der Waals surface area contributed by atoms with Crippen molar-refractivity contribution in [2.24, 2.45) is 0 Å². The SMILES string of the molecule is CC1(C)CNCCN1S(=O)(=O)c1cc(F)cc(F)c1. The first-order valence-electron chi connectivity index (χ1n) is 5.93. The first-order chi connectivity index (χ1) is 8.73. The van der Waals surface area contributed by atoms with Crippen LogP contribution in [0, 0.1) is 11.6 Å². The minimum Gasteiger partial charge on any atom is -0.314 e. The summed E-state index contributed by atoms with van der Waals surface area (Å²) < 4.78 is 52.6. The van der Waals surface area contributed by atoms with Crippen molar-refractivity contribution in [1.29, 1.82) is 0 Å². The Hall–Kier alpha value is -1.05. The second-order valence-electron chi connectivity index (χ2n) is 5.17. The lowest BCUT2D eigenvalue weighted by Crippen LogP contribution is -2.59. The molecule has 0 aliphatic carbocycles. The van der Waals surface area contributed by atoms with Crippen LogP contribution in [-0.4, -0.2) is 37.9 Å². The molecule has 1 saturated heterocycles. The maximum atomic E-state index is 13.2. The fraction of sp³-hybridized carbons (Fsp3) is 0.500. The molecular weight excluding hydrogens is 274 g/mol. The summed E-state index contributed by atoms with van der Waals surface area (Å²) in [6.45, 7) is 4.82. The highest BCUT2D eigenvalue weighted by Gasteiger charge is 2.39. The average Bonchev–Trinajstić information content (AvgIpc) is 2.26. The topological polar surface area (TPSA) is 49.4 Å². The quantitative estimate of drug-likeness (QED) is 0.894. The maximum absolute atomic E-state index is 13.2. The molecule has 0 atom stereocenters. The Bertz CT molecular complexity index is 567. The lowest BCUT2D eigenvalue weighted by Gasteiger charge is -2.41. The van der Waals surface area contributed by atoms with Gasteiger partial charge in [-0.15, -0.1) is 0 Å². The van der Waals surface area contributed by atoms with Crippen LogP contribution in [0.25, 0.3) is 0 Å². The molecule has 1 aromatic carbocycles. The Morgan fingerprint density at radius 1 is 1.21 bits per heavy atom. The highest BCUT2D eigenvalue weighted by molar-refractivity contribution is 7.89. The minimum atomic E-state index is -3.90. The van der Waals surface area contributed by atoms with Crippen LogP contribution in [0.2, 0.25) is 0 Å². The van der Waals surface area contributed by atoms with E-state index in [1.165, 1.54) is 4.31 Å². The van der Waals surface area contributed by atoms with Crippen molar-refractivity contribution in [2.75, 3.05) is 19.6 Å². The van der Waals surface area contributed by atoms with Crippen molar-refractivity contribution < 1.29 is 17.2 Å². The van der Waals surface area contributed by atoms with Gasteiger partial charge in [-0.1, -0.05) is 0 Å². The van der Waals surface area contributed by atoms with Crippen LogP contribution >= 0.6 is 0 Å². The lowest BCUT2D eigenvalue weighted by molar-refractivity contribution is 0.186. The average molecular weight is 290 g/mol. The summed E-state index contributed by atoms with van der Waals surface area (Å²) >= 11 is 0. The number of piperazine rings is 1. The zero-order valence-electron chi connectivity index (χ0n) is 10.8. The molecule has 0 amide bonds. The van der Waals surface area contributed by atoms with Crippen molar-refractivity contribution in [1.82, 2.24) is 9.62 Å². The van der Waals surface area contributed by atoms with Crippen LogP contribution in [0.3, 0.4) is 0 Å². The van der Waals surface area contributed by atoms with E-state index in [2.05, 4.69) is 5.32 Å². The standard InChI is InChI=1S/C12H16F2N2O2S/c1-12(2)8-15-3-4-16(12)19(17,18)11-6-9(13)5-10(14)7-11/h5-7,15H,3-4,8H2,1-2H3. The minimum absolute atomic E-state index is 0.271. The summed E-state index contributed by atoms with van der Waals surface area (Å²) in [5.74, 6) is -1.79. The number of benzene rings is 1. The fourth-order valence-corrected chi connectivity index (χ4v) is 4.04. The molecule has 0 unspecified atom stereocenters. The van der Waals surface area contributed by atoms with Gasteiger partial charge < -0.3 is 5.32 Å². The lowest BCUT2D eigenvalue weighted by atomic mass is 10.0. The third kappa shape index (κ3) is 2.77. The summed E-state index contributed by atoms with van der Waals surface area (Å²) in [7, 11) is -3.90. The van der Waals surface area contributed by atoms with Gasteiger partial charge in [0, 0.05) is 31.2 Å². The maximum Gasteiger partial charge on any atom is 0.243 e. The van der Waals surface area contributed by atoms with Crippen LogP contribution in [0.4, 0.5) is 8.78 Å². The van der Waals surface area contributed by atoms with Gasteiger partial charge in [0.25, 0.3) is 0 Å². The highest BCUT2D eigenvalue weighted by Crippen LogP contribution is 2.26. The number of nitrogens with one attached hydrogen (secondary N) is 1. The molecular formula is C12H16F2N2O2S. The van der Waals surface area contributed by atoms with E-state index in [0.717, 1.165) is 12.1 Å². The molecule has 1 aliphatic heterocycles. The second kappa shape index (κ2) is 4.81. The Kier molecular flexibility index (Phi) is 3.63. The molecule has 4 nitrogen and oxygen atoms in total. The summed E-state index contributed by atoms with van der Waals surface area (Å²) in [6, 6.07) is 2.34. The Morgan fingerprint density at radius 3 is 2.32 bits per heavy atom. The van der Waals surface area contributed by atoms with Gasteiger partial charge >= 0.3 is 0 Å². The van der Waals surface area contributed by atoms with Gasteiger partial charge in [0.1, 0.15) is 11.6 Å². The fourth-order valence-electron chi connectivity index (χ4n) is 2.22. The molecule has 1 aromatic rings. The zero-order chi connectivity index (χ0) is 14.3. The van der Waals surface area contributed by atoms with E-state index in [1.807, 2.05) is 0 Å². The van der Waals surface area contributed by atoms with Gasteiger partial charge in [-0.05, 0) is 26.0 Å². The van der Waals surface area contributed by atoms with Crippen molar-refractivity contribution in [3.8, 4) is 0 Å². The van der Waals surface area contributed by atoms with E-state index in [0.29, 0.717) is 19.2 Å². The number of halogens is 2. The molecule has 1 N–H and O–H groups in total. The molecule has 0 radical (unpaired) electrons. The monoisotopic (exact) mass is 290 g/mol. The van der Waals surface area contributed by atoms with Crippen molar-refractivity contribution in [2.45, 2.75) is 24.3 Å². The number of nitrogens with zero attached hydrogens (tertiary/aromatic N) is 1. The third-order valence-corrected chi connectivity index (χ3v) is 5.24. The molecule has 7 heteroatoms. The molecule has 1 heterocycles. The zero-order valence-corrected chi connectivity index (χ0v) is 11.6. The van der Waals surface area contributed by atoms with Crippen LogP contribution in [0.5, 0.6) is 0 Å². The number of sulfonamides is 1. The van der Waals surface area contributed by atoms with Gasteiger partial charge in [0.2, 0.25) is 10.0 Å². The number of rotatable bonds is 2. The second-order valence-corrected chi connectivity index (χ2v) is 7.03. The van der Waals surface area contributed by atoms with Gasteiger partial charge in [0.05, 0.1) is 4.90 Å². The number of hydrogen-bond donors (Lipinski definition) is 1. The molecule has 0 bridgehead atoms. The normalized spacial score (nSPS) is 20.4. The first-order valence-corrected chi connectivity index (χ1v) is 7.37. The van der Waals surface area contributed by atoms with E-state index in [1.54, 1.807) is 13.8 Å². The molecule has 1 aliphatic rings. The Labute approximate surface area is 111 Å². The predicted octanol–water partition coefficient (Wildman–Crippen LogP) is 1.34. The largest absolute Gasteiger partial charge is 0.314 e. The van der Waals surface area contributed by atoms with E-state index in [9.17, 15) is 17.2 Å². The van der Waals surface area contributed by atoms with Crippen LogP contribution in [-0.2, 0) is 10.0 Å². The third-order valence-electron chi connectivity index (χ3n) is 3.15. The van der Waals surface area contributed by atoms with Crippen LogP contribution in [0.1, 0.15) is 13.8 Å². The summed E-state index contributed by atoms with van der Waals surface area (Å²) in [5, 5.41) is 3.10. The van der Waals surface area contributed by atoms with Crippen LogP contribution < -0.4 is 5.32 Å². The van der Waals surface area contributed by atoms with Gasteiger partial charge in [-0.2, -0.15) is 4.31 Å². The van der Waals surface area contributed by atoms with E-state index >= 15 is 0 Å². The van der Waals surface area contributed by atoms with Crippen molar-refractivity contribution in [3.63, 3.8) is 0 Å². The first kappa shape index (κ1) is 14.4. The van der Waals surface area contributed by atoms with E-state index in [-0.39, 0.29) is 11.4 Å². The van der Waals surface area contributed by atoms with Gasteiger partial charge in [0.15, 0.2) is 0 Å². The van der Waals surface area contributed by atoms with E-state index < -0.39 is 27.2 Å². The molecule has 2 rings (SSSR count). The van der Waals surface area contributed by atoms with Crippen molar-refractivity contribution in [3.05, 3.63) is 29.8 Å². The van der Waals surface area contributed by atoms with E-state index in [4.69, 9.17) is 0 Å². The molecule has 0 saturated carbocycles. The predicted molar refractivity (Wildman–Crippen MR) is 67.2 cm³/mol. The summed E-state index contributed by atoms with van der Waals surface area (Å²) in [5.41, 5.74) is -0.639. The molecule has 19 heavy (non-hydrogen) atoms. The molecule has 1 fully saturated rings. The Balaban J connectivity index is 2.47. The highest BCUT2D eigenvalue weighted by atomic mass is 32.2. The molecule has 0 aromatic heterocycles. The van der Waals surface area contributed by atoms with Crippen molar-refractivity contribution >= 4 is 10.0 Å². The molecule has 106 valence electrons. The summed E-state index contributed by atoms with van der Waals surface area (Å²) in [4.78, 5) is -0.347.